The van der Waals surface area contributed by atoms with E-state index in [1.165, 1.54) is 12.0 Å². The van der Waals surface area contributed by atoms with E-state index in [-0.39, 0.29) is 12.1 Å². The maximum absolute atomic E-state index is 13.0. The van der Waals surface area contributed by atoms with Gasteiger partial charge in [0.15, 0.2) is 0 Å². The summed E-state index contributed by atoms with van der Waals surface area (Å²) in [6.07, 6.45) is 5.97. The largest absolute Gasteiger partial charge is 0.322 e. The lowest BCUT2D eigenvalue weighted by atomic mass is 9.96. The molecule has 2 heterocycles. The minimum Gasteiger partial charge on any atom is -0.321 e. The highest BCUT2D eigenvalue weighted by Gasteiger charge is 2.27. The monoisotopic (exact) mass is 374 g/mol. The molecule has 1 aliphatic heterocycles. The molecule has 2 aromatic carbocycles. The predicted octanol–water partition coefficient (Wildman–Crippen LogP) is 4.81. The molecule has 1 atom stereocenters. The van der Waals surface area contributed by atoms with Gasteiger partial charge in [-0.15, -0.1) is 0 Å². The molecule has 2 amide bonds. The first-order valence-electron chi connectivity index (χ1n) is 9.93. The molecule has 1 N–H and O–H groups in total. The molecule has 0 bridgehead atoms. The summed E-state index contributed by atoms with van der Waals surface area (Å²) < 4.78 is 1.87. The van der Waals surface area contributed by atoms with Crippen LogP contribution in [0, 0.1) is 6.92 Å². The zero-order valence-electron chi connectivity index (χ0n) is 16.2. The molecule has 5 heteroatoms. The summed E-state index contributed by atoms with van der Waals surface area (Å²) in [7, 11) is 0. The van der Waals surface area contributed by atoms with Gasteiger partial charge in [-0.05, 0) is 62.4 Å². The molecule has 1 fully saturated rings. The summed E-state index contributed by atoms with van der Waals surface area (Å²) in [6.45, 7) is 2.82. The SMILES string of the molecule is Cc1ccnn1-c1cccc(NC(=O)N2CCCCC2Cc2ccccc2)c1. The molecule has 5 nitrogen and oxygen atoms in total. The fourth-order valence-electron chi connectivity index (χ4n) is 3.92. The Morgan fingerprint density at radius 2 is 1.96 bits per heavy atom. The van der Waals surface area contributed by atoms with Gasteiger partial charge in [-0.25, -0.2) is 9.48 Å². The van der Waals surface area contributed by atoms with Gasteiger partial charge >= 0.3 is 6.03 Å². The highest BCUT2D eigenvalue weighted by Crippen LogP contribution is 2.23. The third-order valence-corrected chi connectivity index (χ3v) is 5.38. The number of likely N-dealkylation sites (tertiary alicyclic amines) is 1. The van der Waals surface area contributed by atoms with Crippen molar-refractivity contribution in [3.63, 3.8) is 0 Å². The van der Waals surface area contributed by atoms with Crippen LogP contribution in [0.25, 0.3) is 5.69 Å². The number of piperidine rings is 1. The van der Waals surface area contributed by atoms with Crippen molar-refractivity contribution in [1.82, 2.24) is 14.7 Å². The van der Waals surface area contributed by atoms with E-state index in [0.29, 0.717) is 0 Å². The molecule has 0 spiro atoms. The van der Waals surface area contributed by atoms with Crippen molar-refractivity contribution in [3.05, 3.63) is 78.1 Å². The van der Waals surface area contributed by atoms with Crippen LogP contribution in [0.4, 0.5) is 10.5 Å². The first kappa shape index (κ1) is 18.3. The van der Waals surface area contributed by atoms with Crippen LogP contribution in [-0.4, -0.2) is 33.3 Å². The zero-order chi connectivity index (χ0) is 19.3. The Kier molecular flexibility index (Phi) is 5.42. The minimum absolute atomic E-state index is 0.0185. The number of hydrogen-bond acceptors (Lipinski definition) is 2. The van der Waals surface area contributed by atoms with Gasteiger partial charge in [0.25, 0.3) is 0 Å². The van der Waals surface area contributed by atoms with E-state index in [0.717, 1.165) is 42.9 Å². The van der Waals surface area contributed by atoms with E-state index in [2.05, 4.69) is 34.7 Å². The smallest absolute Gasteiger partial charge is 0.321 e. The number of hydrogen-bond donors (Lipinski definition) is 1. The second kappa shape index (κ2) is 8.30. The molecule has 144 valence electrons. The predicted molar refractivity (Wildman–Crippen MR) is 112 cm³/mol. The van der Waals surface area contributed by atoms with Crippen LogP contribution in [0.5, 0.6) is 0 Å². The molecule has 0 radical (unpaired) electrons. The van der Waals surface area contributed by atoms with Crippen LogP contribution in [0.2, 0.25) is 0 Å². The lowest BCUT2D eigenvalue weighted by Gasteiger charge is -2.36. The van der Waals surface area contributed by atoms with Crippen LogP contribution in [-0.2, 0) is 6.42 Å². The maximum atomic E-state index is 13.0. The van der Waals surface area contributed by atoms with Crippen LogP contribution >= 0.6 is 0 Å². The number of benzene rings is 2. The van der Waals surface area contributed by atoms with Gasteiger partial charge in [0, 0.05) is 30.2 Å². The second-order valence-electron chi connectivity index (χ2n) is 7.40. The summed E-state index contributed by atoms with van der Waals surface area (Å²) in [5.41, 5.74) is 4.08. The summed E-state index contributed by atoms with van der Waals surface area (Å²) >= 11 is 0. The Bertz CT molecular complexity index is 935. The van der Waals surface area contributed by atoms with E-state index in [4.69, 9.17) is 0 Å². The summed E-state index contributed by atoms with van der Waals surface area (Å²) in [6, 6.07) is 20.5. The Morgan fingerprint density at radius 1 is 1.11 bits per heavy atom. The van der Waals surface area contributed by atoms with E-state index in [9.17, 15) is 4.79 Å². The standard InChI is InChI=1S/C23H26N4O/c1-18-13-14-24-27(18)22-12-7-10-20(17-22)25-23(28)26-15-6-5-11-21(26)16-19-8-3-2-4-9-19/h2-4,7-10,12-14,17,21H,5-6,11,15-16H2,1H3,(H,25,28). The molecule has 28 heavy (non-hydrogen) atoms. The molecule has 1 aliphatic rings. The van der Waals surface area contributed by atoms with Crippen LogP contribution < -0.4 is 5.32 Å². The number of anilines is 1. The lowest BCUT2D eigenvalue weighted by Crippen LogP contribution is -2.46. The molecule has 1 aromatic heterocycles. The third kappa shape index (κ3) is 4.09. The van der Waals surface area contributed by atoms with E-state index in [1.54, 1.807) is 6.20 Å². The Hall–Kier alpha value is -3.08. The van der Waals surface area contributed by atoms with E-state index in [1.807, 2.05) is 52.9 Å². The highest BCUT2D eigenvalue weighted by molar-refractivity contribution is 5.90. The topological polar surface area (TPSA) is 50.2 Å². The first-order chi connectivity index (χ1) is 13.7. The summed E-state index contributed by atoms with van der Waals surface area (Å²) in [5, 5.41) is 7.44. The molecule has 0 aliphatic carbocycles. The number of amides is 2. The van der Waals surface area contributed by atoms with Crippen molar-refractivity contribution in [2.45, 2.75) is 38.6 Å². The van der Waals surface area contributed by atoms with Crippen molar-refractivity contribution < 1.29 is 4.79 Å². The molecule has 4 rings (SSSR count). The molecule has 3 aromatic rings. The van der Waals surface area contributed by atoms with Gasteiger partial charge in [0.2, 0.25) is 0 Å². The number of urea groups is 1. The van der Waals surface area contributed by atoms with E-state index < -0.39 is 0 Å². The fourth-order valence-corrected chi connectivity index (χ4v) is 3.92. The van der Waals surface area contributed by atoms with Crippen molar-refractivity contribution >= 4 is 11.7 Å². The molecule has 1 saturated heterocycles. The average Bonchev–Trinajstić information content (AvgIpc) is 3.15. The Labute approximate surface area is 166 Å². The van der Waals surface area contributed by atoms with Crippen molar-refractivity contribution in [2.24, 2.45) is 0 Å². The zero-order valence-corrected chi connectivity index (χ0v) is 16.2. The first-order valence-corrected chi connectivity index (χ1v) is 9.93. The van der Waals surface area contributed by atoms with Gasteiger partial charge in [-0.1, -0.05) is 36.4 Å². The molecule has 0 saturated carbocycles. The summed E-state index contributed by atoms with van der Waals surface area (Å²) in [5.74, 6) is 0. The number of nitrogens with zero attached hydrogens (tertiary/aromatic N) is 3. The number of nitrogens with one attached hydrogen (secondary N) is 1. The normalized spacial score (nSPS) is 16.8. The van der Waals surface area contributed by atoms with Crippen LogP contribution in [0.3, 0.4) is 0 Å². The number of aryl methyl sites for hydroxylation is 1. The number of carbonyl (C=O) groups excluding carboxylic acids is 1. The van der Waals surface area contributed by atoms with Crippen LogP contribution in [0.1, 0.15) is 30.5 Å². The molecular weight excluding hydrogens is 348 g/mol. The van der Waals surface area contributed by atoms with E-state index >= 15 is 0 Å². The van der Waals surface area contributed by atoms with Crippen molar-refractivity contribution in [3.8, 4) is 5.69 Å². The fraction of sp³-hybridized carbons (Fsp3) is 0.304. The average molecular weight is 374 g/mol. The number of aromatic nitrogens is 2. The third-order valence-electron chi connectivity index (χ3n) is 5.38. The van der Waals surface area contributed by atoms with Gasteiger partial charge in [-0.2, -0.15) is 5.10 Å². The number of rotatable bonds is 4. The summed E-state index contributed by atoms with van der Waals surface area (Å²) in [4.78, 5) is 15.0. The maximum Gasteiger partial charge on any atom is 0.322 e. The van der Waals surface area contributed by atoms with Crippen molar-refractivity contribution in [1.29, 1.82) is 0 Å². The van der Waals surface area contributed by atoms with Crippen LogP contribution in [0.15, 0.2) is 66.9 Å². The quantitative estimate of drug-likeness (QED) is 0.712. The van der Waals surface area contributed by atoms with Gasteiger partial charge in [0.1, 0.15) is 0 Å². The van der Waals surface area contributed by atoms with Gasteiger partial charge < -0.3 is 10.2 Å². The lowest BCUT2D eigenvalue weighted by molar-refractivity contribution is 0.162. The van der Waals surface area contributed by atoms with Crippen molar-refractivity contribution in [2.75, 3.05) is 11.9 Å². The molecule has 1 unspecified atom stereocenters. The van der Waals surface area contributed by atoms with Gasteiger partial charge in [0.05, 0.1) is 5.69 Å². The molecular formula is C23H26N4O. The minimum atomic E-state index is -0.0185. The highest BCUT2D eigenvalue weighted by atomic mass is 16.2. The van der Waals surface area contributed by atoms with Gasteiger partial charge in [-0.3, -0.25) is 0 Å². The second-order valence-corrected chi connectivity index (χ2v) is 7.40. The number of carbonyl (C=O) groups is 1. The Balaban J connectivity index is 1.48. The Morgan fingerprint density at radius 3 is 2.75 bits per heavy atom.